The Balaban J connectivity index is 1.64. The summed E-state index contributed by atoms with van der Waals surface area (Å²) in [4.78, 5) is 33.4. The third-order valence-corrected chi connectivity index (χ3v) is 8.62. The van der Waals surface area contributed by atoms with E-state index in [2.05, 4.69) is 19.9 Å². The van der Waals surface area contributed by atoms with E-state index < -0.39 is 12.0 Å². The quantitative estimate of drug-likeness (QED) is 0.234. The molecule has 0 bridgehead atoms. The van der Waals surface area contributed by atoms with Crippen LogP contribution in [0.15, 0.2) is 100 Å². The zero-order valence-corrected chi connectivity index (χ0v) is 25.0. The van der Waals surface area contributed by atoms with E-state index in [1.54, 1.807) is 11.5 Å². The first-order valence-corrected chi connectivity index (χ1v) is 15.1. The minimum Gasteiger partial charge on any atom is -0.463 e. The molecule has 3 aromatic carbocycles. The van der Waals surface area contributed by atoms with E-state index in [1.807, 2.05) is 95.7 Å². The Morgan fingerprint density at radius 1 is 1.07 bits per heavy atom. The zero-order chi connectivity index (χ0) is 30.1. The molecule has 8 heteroatoms. The number of rotatable bonds is 7. The maximum absolute atomic E-state index is 14.3. The van der Waals surface area contributed by atoms with E-state index in [1.165, 1.54) is 11.3 Å². The molecule has 0 radical (unpaired) electrons. The van der Waals surface area contributed by atoms with Gasteiger partial charge in [0.05, 0.1) is 34.5 Å². The molecular formula is C35H30N4O3S. The van der Waals surface area contributed by atoms with Crippen LogP contribution in [0.1, 0.15) is 55.0 Å². The lowest BCUT2D eigenvalue weighted by atomic mass is 9.91. The van der Waals surface area contributed by atoms with Crippen molar-refractivity contribution in [3.8, 4) is 6.07 Å². The summed E-state index contributed by atoms with van der Waals surface area (Å²) in [6.45, 7) is 6.42. The van der Waals surface area contributed by atoms with E-state index >= 15 is 0 Å². The van der Waals surface area contributed by atoms with Crippen molar-refractivity contribution in [1.82, 2.24) is 9.13 Å². The number of fused-ring (bicyclic) bond motifs is 2. The van der Waals surface area contributed by atoms with Gasteiger partial charge in [-0.3, -0.25) is 9.36 Å². The third kappa shape index (κ3) is 5.13. The average Bonchev–Trinajstić information content (AvgIpc) is 3.53. The van der Waals surface area contributed by atoms with Crippen molar-refractivity contribution in [3.63, 3.8) is 0 Å². The number of carbonyl (C=O) groups excluding carboxylic acids is 1. The average molecular weight is 587 g/mol. The molecule has 43 heavy (non-hydrogen) atoms. The van der Waals surface area contributed by atoms with Crippen LogP contribution in [0.3, 0.4) is 0 Å². The number of nitriles is 1. The number of para-hydroxylation sites is 1. The van der Waals surface area contributed by atoms with E-state index in [4.69, 9.17) is 9.73 Å². The van der Waals surface area contributed by atoms with Crippen LogP contribution >= 0.6 is 11.3 Å². The van der Waals surface area contributed by atoms with E-state index in [9.17, 15) is 14.9 Å². The van der Waals surface area contributed by atoms with Gasteiger partial charge in [-0.15, -0.1) is 0 Å². The minimum absolute atomic E-state index is 0.195. The molecule has 1 aliphatic rings. The Morgan fingerprint density at radius 3 is 2.49 bits per heavy atom. The third-order valence-electron chi connectivity index (χ3n) is 7.64. The topological polar surface area (TPSA) is 89.4 Å². The largest absolute Gasteiger partial charge is 0.463 e. The molecule has 0 saturated heterocycles. The molecule has 0 amide bonds. The Morgan fingerprint density at radius 2 is 1.79 bits per heavy atom. The Bertz CT molecular complexity index is 2090. The molecule has 0 fully saturated rings. The van der Waals surface area contributed by atoms with Gasteiger partial charge in [0.15, 0.2) is 4.80 Å². The van der Waals surface area contributed by atoms with Crippen LogP contribution in [-0.4, -0.2) is 21.7 Å². The van der Waals surface area contributed by atoms with Crippen LogP contribution in [0.4, 0.5) is 0 Å². The van der Waals surface area contributed by atoms with E-state index in [0.29, 0.717) is 26.5 Å². The molecule has 0 N–H and O–H groups in total. The van der Waals surface area contributed by atoms with Gasteiger partial charge in [-0.25, -0.2) is 9.79 Å². The summed E-state index contributed by atoms with van der Waals surface area (Å²) in [5, 5.41) is 10.3. The first kappa shape index (κ1) is 28.1. The number of nitrogens with zero attached hydrogens (tertiary/aromatic N) is 4. The zero-order valence-electron chi connectivity index (χ0n) is 24.2. The smallest absolute Gasteiger partial charge is 0.338 e. The number of ether oxygens (including phenoxy) is 1. The number of hydrogen-bond acceptors (Lipinski definition) is 6. The lowest BCUT2D eigenvalue weighted by molar-refractivity contribution is -0.138. The number of esters is 1. The fourth-order valence-corrected chi connectivity index (χ4v) is 6.55. The summed E-state index contributed by atoms with van der Waals surface area (Å²) in [6.07, 6.45) is 3.75. The first-order valence-electron chi connectivity index (χ1n) is 14.2. The highest BCUT2D eigenvalue weighted by Gasteiger charge is 2.35. The van der Waals surface area contributed by atoms with Gasteiger partial charge >= 0.3 is 5.97 Å². The SMILES string of the molecule is CCOC(=O)C1=C(c2ccccc2)N=c2sc(=Cc3cn(CC#N)c4ccccc34)c(=O)n2[C@H]1c1ccc(C(C)C)cc1. The Labute approximate surface area is 252 Å². The molecule has 5 aromatic rings. The van der Waals surface area contributed by atoms with Crippen molar-refractivity contribution in [2.75, 3.05) is 6.61 Å². The van der Waals surface area contributed by atoms with Crippen molar-refractivity contribution in [1.29, 1.82) is 5.26 Å². The molecule has 3 heterocycles. The molecule has 0 unspecified atom stereocenters. The molecule has 0 saturated carbocycles. The van der Waals surface area contributed by atoms with Crippen molar-refractivity contribution < 1.29 is 9.53 Å². The van der Waals surface area contributed by atoms with Crippen molar-refractivity contribution in [2.45, 2.75) is 39.3 Å². The van der Waals surface area contributed by atoms with Crippen molar-refractivity contribution in [2.24, 2.45) is 4.99 Å². The van der Waals surface area contributed by atoms with Gasteiger partial charge in [-0.1, -0.05) is 98.0 Å². The number of thiazole rings is 1. The van der Waals surface area contributed by atoms with Gasteiger partial charge in [0, 0.05) is 28.2 Å². The van der Waals surface area contributed by atoms with Crippen molar-refractivity contribution >= 4 is 40.0 Å². The maximum Gasteiger partial charge on any atom is 0.338 e. The van der Waals surface area contributed by atoms with Gasteiger partial charge in [0.2, 0.25) is 0 Å². The second-order valence-electron chi connectivity index (χ2n) is 10.6. The van der Waals surface area contributed by atoms with Crippen LogP contribution in [0, 0.1) is 11.3 Å². The monoisotopic (exact) mass is 586 g/mol. The van der Waals surface area contributed by atoms with Crippen LogP contribution < -0.4 is 14.9 Å². The number of hydrogen-bond donors (Lipinski definition) is 0. The minimum atomic E-state index is -0.728. The summed E-state index contributed by atoms with van der Waals surface area (Å²) in [7, 11) is 0. The van der Waals surface area contributed by atoms with Crippen LogP contribution in [0.5, 0.6) is 0 Å². The molecule has 1 aliphatic heterocycles. The highest BCUT2D eigenvalue weighted by Crippen LogP contribution is 2.35. The number of aromatic nitrogens is 2. The number of carbonyl (C=O) groups is 1. The molecule has 0 aliphatic carbocycles. The predicted octanol–water partition coefficient (Wildman–Crippen LogP) is 5.54. The van der Waals surface area contributed by atoms with Gasteiger partial charge in [0.1, 0.15) is 6.54 Å². The van der Waals surface area contributed by atoms with E-state index in [0.717, 1.165) is 33.2 Å². The van der Waals surface area contributed by atoms with Crippen molar-refractivity contribution in [3.05, 3.63) is 133 Å². The Kier molecular flexibility index (Phi) is 7.66. The van der Waals surface area contributed by atoms with E-state index in [-0.39, 0.29) is 18.7 Å². The molecule has 7 nitrogen and oxygen atoms in total. The highest BCUT2D eigenvalue weighted by atomic mass is 32.1. The summed E-state index contributed by atoms with van der Waals surface area (Å²) in [5.41, 5.74) is 5.07. The number of benzene rings is 3. The molecule has 2 aromatic heterocycles. The standard InChI is InChI=1S/C35H30N4O3S/c1-4-42-34(41)30-31(24-10-6-5-7-11-24)37-35-39(32(30)25-16-14-23(15-17-25)22(2)3)33(40)29(43-35)20-26-21-38(19-18-36)28-13-9-8-12-27(26)28/h5-17,20-22,32H,4,19H2,1-3H3/t32-/m0/s1. The summed E-state index contributed by atoms with van der Waals surface area (Å²) >= 11 is 1.29. The molecule has 214 valence electrons. The second-order valence-corrected chi connectivity index (χ2v) is 11.6. The second kappa shape index (κ2) is 11.7. The molecule has 0 spiro atoms. The molecule has 1 atom stereocenters. The van der Waals surface area contributed by atoms with Crippen LogP contribution in [0.25, 0.3) is 22.7 Å². The van der Waals surface area contributed by atoms with Gasteiger partial charge in [-0.2, -0.15) is 5.26 Å². The summed E-state index contributed by atoms with van der Waals surface area (Å²) < 4.78 is 9.56. The molecule has 6 rings (SSSR count). The normalized spacial score (nSPS) is 15.0. The predicted molar refractivity (Wildman–Crippen MR) is 169 cm³/mol. The highest BCUT2D eigenvalue weighted by molar-refractivity contribution is 7.07. The fourth-order valence-electron chi connectivity index (χ4n) is 5.56. The fraction of sp³-hybridized carbons (Fsp3) is 0.200. The first-order chi connectivity index (χ1) is 20.9. The molecular weight excluding hydrogens is 556 g/mol. The Hall–Kier alpha value is -5.00. The maximum atomic E-state index is 14.3. The van der Waals surface area contributed by atoms with Gasteiger partial charge < -0.3 is 9.30 Å². The van der Waals surface area contributed by atoms with Gasteiger partial charge in [-0.05, 0) is 36.1 Å². The summed E-state index contributed by atoms with van der Waals surface area (Å²) in [5.74, 6) is -0.170. The van der Waals surface area contributed by atoms with Crippen LogP contribution in [0.2, 0.25) is 0 Å². The van der Waals surface area contributed by atoms with Crippen LogP contribution in [-0.2, 0) is 16.1 Å². The lowest BCUT2D eigenvalue weighted by Gasteiger charge is -2.26. The van der Waals surface area contributed by atoms with Gasteiger partial charge in [0.25, 0.3) is 5.56 Å². The summed E-state index contributed by atoms with van der Waals surface area (Å²) in [6, 6.07) is 26.9. The lowest BCUT2D eigenvalue weighted by Crippen LogP contribution is -2.40.